The third-order valence-electron chi connectivity index (χ3n) is 6.33. The molecule has 10 heteroatoms. The number of nitrogens with two attached hydrogens (primary N) is 2. The summed E-state index contributed by atoms with van der Waals surface area (Å²) in [4.78, 5) is 16.3. The van der Waals surface area contributed by atoms with E-state index in [-0.39, 0.29) is 30.0 Å². The smallest absolute Gasteiger partial charge is 0.153 e. The largest absolute Gasteiger partial charge is 0.393 e. The van der Waals surface area contributed by atoms with Crippen LogP contribution in [-0.2, 0) is 6.61 Å². The highest BCUT2D eigenvalue weighted by molar-refractivity contribution is 7.99. The highest BCUT2D eigenvalue weighted by atomic mass is 35.5. The molecule has 2 aliphatic rings. The van der Waals surface area contributed by atoms with Crippen molar-refractivity contribution in [2.45, 2.75) is 61.3 Å². The number of aliphatic hydroxyl groups is 2. The predicted octanol–water partition coefficient (Wildman–Crippen LogP) is 2.13. The van der Waals surface area contributed by atoms with Crippen molar-refractivity contribution >= 4 is 35.0 Å². The molecule has 1 saturated carbocycles. The van der Waals surface area contributed by atoms with E-state index in [0.29, 0.717) is 28.0 Å². The zero-order valence-electron chi connectivity index (χ0n) is 16.9. The number of aromatic nitrogens is 3. The van der Waals surface area contributed by atoms with Crippen molar-refractivity contribution in [1.82, 2.24) is 15.0 Å². The number of aryl methyl sites for hydroxylation is 1. The van der Waals surface area contributed by atoms with Crippen molar-refractivity contribution in [2.75, 3.05) is 23.7 Å². The van der Waals surface area contributed by atoms with E-state index in [1.54, 1.807) is 12.3 Å². The molecule has 2 fully saturated rings. The fourth-order valence-electron chi connectivity index (χ4n) is 4.59. The Bertz CT molecular complexity index is 938. The number of pyridine rings is 1. The van der Waals surface area contributed by atoms with E-state index >= 15 is 0 Å². The maximum Gasteiger partial charge on any atom is 0.153 e. The van der Waals surface area contributed by atoms with E-state index in [9.17, 15) is 10.2 Å². The molecule has 6 N–H and O–H groups in total. The minimum absolute atomic E-state index is 0.00554. The van der Waals surface area contributed by atoms with Crippen molar-refractivity contribution in [3.8, 4) is 0 Å². The van der Waals surface area contributed by atoms with Crippen molar-refractivity contribution in [3.05, 3.63) is 28.7 Å². The summed E-state index contributed by atoms with van der Waals surface area (Å²) in [5.74, 6) is 0.977. The Morgan fingerprint density at radius 2 is 2.07 bits per heavy atom. The number of hydrogen-bond acceptors (Lipinski definition) is 9. The summed E-state index contributed by atoms with van der Waals surface area (Å²) in [5, 5.41) is 21.1. The van der Waals surface area contributed by atoms with E-state index in [4.69, 9.17) is 28.1 Å². The standard InChI is InChI=1S/C20H27ClN6O2S/c1-11-19(30-14-2-5-24-17(23)16(14)21)26-13(10-28)18(25-11)27-6-3-20(4-7-27)9-12(29)8-15(20)22/h2,5,12,15,28-29H,3-4,6-10,22H2,1H3,(H2,23,24)/t12-,15-/m1/s1. The molecule has 2 aromatic rings. The third-order valence-corrected chi connectivity index (χ3v) is 7.98. The number of anilines is 2. The van der Waals surface area contributed by atoms with E-state index in [1.165, 1.54) is 11.8 Å². The highest BCUT2D eigenvalue weighted by Crippen LogP contribution is 2.46. The lowest BCUT2D eigenvalue weighted by Gasteiger charge is -2.42. The average Bonchev–Trinajstić information content (AvgIpc) is 2.99. The SMILES string of the molecule is Cc1nc(N2CCC3(CC2)C[C@H](O)C[C@H]3N)c(CO)nc1Sc1ccnc(N)c1Cl. The van der Waals surface area contributed by atoms with Gasteiger partial charge in [-0.25, -0.2) is 15.0 Å². The molecular formula is C20H27ClN6O2S. The van der Waals surface area contributed by atoms with E-state index < -0.39 is 0 Å². The maximum absolute atomic E-state index is 10.0. The number of piperidine rings is 1. The van der Waals surface area contributed by atoms with E-state index in [2.05, 4.69) is 14.9 Å². The van der Waals surface area contributed by atoms with Gasteiger partial charge in [-0.2, -0.15) is 0 Å². The van der Waals surface area contributed by atoms with Gasteiger partial charge in [-0.3, -0.25) is 0 Å². The Balaban J connectivity index is 1.55. The molecule has 2 atom stereocenters. The van der Waals surface area contributed by atoms with Crippen molar-refractivity contribution in [1.29, 1.82) is 0 Å². The van der Waals surface area contributed by atoms with Crippen LogP contribution in [0.3, 0.4) is 0 Å². The molecule has 162 valence electrons. The van der Waals surface area contributed by atoms with Crippen LogP contribution in [0.1, 0.15) is 37.1 Å². The first-order valence-electron chi connectivity index (χ1n) is 10.1. The molecule has 0 aromatic carbocycles. The summed E-state index contributed by atoms with van der Waals surface area (Å²) >= 11 is 7.62. The number of nitrogen functional groups attached to an aromatic ring is 1. The van der Waals surface area contributed by atoms with Gasteiger partial charge < -0.3 is 26.6 Å². The van der Waals surface area contributed by atoms with Gasteiger partial charge in [0.15, 0.2) is 5.82 Å². The normalized spacial score (nSPS) is 23.3. The summed E-state index contributed by atoms with van der Waals surface area (Å²) in [7, 11) is 0. The summed E-state index contributed by atoms with van der Waals surface area (Å²) < 4.78 is 0. The molecule has 0 radical (unpaired) electrons. The van der Waals surface area contributed by atoms with Gasteiger partial charge in [0.25, 0.3) is 0 Å². The van der Waals surface area contributed by atoms with Crippen LogP contribution in [0.2, 0.25) is 5.02 Å². The van der Waals surface area contributed by atoms with Crippen LogP contribution in [0, 0.1) is 12.3 Å². The molecule has 1 saturated heterocycles. The fourth-order valence-corrected chi connectivity index (χ4v) is 5.70. The van der Waals surface area contributed by atoms with Crippen LogP contribution >= 0.6 is 23.4 Å². The van der Waals surface area contributed by atoms with Gasteiger partial charge in [0.05, 0.1) is 23.4 Å². The van der Waals surface area contributed by atoms with Crippen LogP contribution in [0.15, 0.2) is 22.2 Å². The monoisotopic (exact) mass is 450 g/mol. The molecule has 1 spiro atoms. The summed E-state index contributed by atoms with van der Waals surface area (Å²) in [5.41, 5.74) is 13.4. The number of halogens is 1. The molecule has 1 aliphatic carbocycles. The van der Waals surface area contributed by atoms with Gasteiger partial charge >= 0.3 is 0 Å². The second-order valence-electron chi connectivity index (χ2n) is 8.20. The van der Waals surface area contributed by atoms with Crippen LogP contribution < -0.4 is 16.4 Å². The first-order chi connectivity index (χ1) is 14.3. The van der Waals surface area contributed by atoms with Crippen molar-refractivity contribution < 1.29 is 10.2 Å². The molecule has 4 rings (SSSR count). The fraction of sp³-hybridized carbons (Fsp3) is 0.550. The van der Waals surface area contributed by atoms with Gasteiger partial charge in [-0.15, -0.1) is 0 Å². The average molecular weight is 451 g/mol. The molecule has 8 nitrogen and oxygen atoms in total. The number of aliphatic hydroxyl groups excluding tert-OH is 2. The van der Waals surface area contributed by atoms with Gasteiger partial charge in [0.2, 0.25) is 0 Å². The lowest BCUT2D eigenvalue weighted by molar-refractivity contribution is 0.141. The van der Waals surface area contributed by atoms with Gasteiger partial charge in [0.1, 0.15) is 16.5 Å². The molecule has 1 aliphatic heterocycles. The Hall–Kier alpha value is -1.65. The molecular weight excluding hydrogens is 424 g/mol. The predicted molar refractivity (Wildman–Crippen MR) is 118 cm³/mol. The minimum Gasteiger partial charge on any atom is -0.393 e. The van der Waals surface area contributed by atoms with Gasteiger partial charge in [-0.1, -0.05) is 23.4 Å². The van der Waals surface area contributed by atoms with E-state index in [0.717, 1.165) is 42.9 Å². The topological polar surface area (TPSA) is 134 Å². The van der Waals surface area contributed by atoms with Gasteiger partial charge in [0, 0.05) is 30.2 Å². The Labute approximate surface area is 185 Å². The molecule has 3 heterocycles. The van der Waals surface area contributed by atoms with E-state index in [1.807, 2.05) is 6.92 Å². The maximum atomic E-state index is 10.0. The molecule has 0 amide bonds. The van der Waals surface area contributed by atoms with Crippen molar-refractivity contribution in [3.63, 3.8) is 0 Å². The summed E-state index contributed by atoms with van der Waals surface area (Å²) in [6.45, 7) is 3.25. The summed E-state index contributed by atoms with van der Waals surface area (Å²) in [6, 6.07) is 1.82. The van der Waals surface area contributed by atoms with Crippen LogP contribution in [0.5, 0.6) is 0 Å². The van der Waals surface area contributed by atoms with Crippen molar-refractivity contribution in [2.24, 2.45) is 11.1 Å². The number of hydrogen-bond donors (Lipinski definition) is 4. The third kappa shape index (κ3) is 3.97. The van der Waals surface area contributed by atoms with Gasteiger partial charge in [-0.05, 0) is 44.1 Å². The van der Waals surface area contributed by atoms with Crippen LogP contribution in [-0.4, -0.2) is 50.4 Å². The second-order valence-corrected chi connectivity index (χ2v) is 9.61. The number of rotatable bonds is 4. The lowest BCUT2D eigenvalue weighted by atomic mass is 9.74. The molecule has 2 aromatic heterocycles. The number of nitrogens with zero attached hydrogens (tertiary/aromatic N) is 4. The Morgan fingerprint density at radius 3 is 2.70 bits per heavy atom. The first-order valence-corrected chi connectivity index (χ1v) is 11.3. The molecule has 0 bridgehead atoms. The molecule has 0 unspecified atom stereocenters. The zero-order chi connectivity index (χ0) is 21.5. The summed E-state index contributed by atoms with van der Waals surface area (Å²) in [6.07, 6.45) is 4.55. The zero-order valence-corrected chi connectivity index (χ0v) is 18.5. The molecule has 30 heavy (non-hydrogen) atoms. The second kappa shape index (κ2) is 8.47. The Morgan fingerprint density at radius 1 is 1.33 bits per heavy atom. The first kappa shape index (κ1) is 21.6. The van der Waals surface area contributed by atoms with Crippen LogP contribution in [0.25, 0.3) is 0 Å². The highest BCUT2D eigenvalue weighted by Gasteiger charge is 2.46. The Kier molecular flexibility index (Phi) is 6.09. The lowest BCUT2D eigenvalue weighted by Crippen LogP contribution is -2.47. The van der Waals surface area contributed by atoms with Crippen LogP contribution in [0.4, 0.5) is 11.6 Å². The minimum atomic E-state index is -0.299. The quantitative estimate of drug-likeness (QED) is 0.552.